The number of hydrogen-bond donors (Lipinski definition) is 0. The quantitative estimate of drug-likeness (QED) is 0.621. The van der Waals surface area contributed by atoms with Crippen LogP contribution in [0, 0.1) is 23.7 Å². The molecular formula is C16H18OS4. The molecule has 3 aliphatic carbocycles. The number of rotatable bonds is 2. The van der Waals surface area contributed by atoms with Gasteiger partial charge in [-0.15, -0.1) is 23.5 Å². The molecule has 4 unspecified atom stereocenters. The molecule has 4 aliphatic rings. The van der Waals surface area contributed by atoms with Gasteiger partial charge in [0.1, 0.15) is 5.78 Å². The Morgan fingerprint density at radius 2 is 1.62 bits per heavy atom. The Kier molecular flexibility index (Phi) is 4.06. The van der Waals surface area contributed by atoms with Crippen LogP contribution in [0.3, 0.4) is 0 Å². The highest BCUT2D eigenvalue weighted by Gasteiger charge is 2.51. The number of thioether (sulfide) groups is 4. The maximum Gasteiger partial charge on any atom is 0.137 e. The lowest BCUT2D eigenvalue weighted by Gasteiger charge is -2.34. The third kappa shape index (κ3) is 2.30. The lowest BCUT2D eigenvalue weighted by Crippen LogP contribution is -2.33. The van der Waals surface area contributed by atoms with E-state index in [4.69, 9.17) is 0 Å². The van der Waals surface area contributed by atoms with Gasteiger partial charge in [0, 0.05) is 12.3 Å². The van der Waals surface area contributed by atoms with Crippen molar-refractivity contribution in [1.29, 1.82) is 0 Å². The zero-order chi connectivity index (χ0) is 14.6. The molecule has 4 atom stereocenters. The van der Waals surface area contributed by atoms with Crippen molar-refractivity contribution in [1.82, 2.24) is 0 Å². The van der Waals surface area contributed by atoms with Crippen LogP contribution in [0.4, 0.5) is 0 Å². The second-order valence-corrected chi connectivity index (χ2v) is 10.4. The minimum absolute atomic E-state index is 0.300. The van der Waals surface area contributed by atoms with Gasteiger partial charge in [-0.05, 0) is 48.7 Å². The molecule has 0 aromatic rings. The molecule has 5 heteroatoms. The van der Waals surface area contributed by atoms with Gasteiger partial charge in [-0.25, -0.2) is 0 Å². The van der Waals surface area contributed by atoms with Crippen molar-refractivity contribution < 1.29 is 4.79 Å². The molecule has 4 rings (SSSR count). The van der Waals surface area contributed by atoms with Gasteiger partial charge in [0.2, 0.25) is 0 Å². The first-order chi connectivity index (χ1) is 10.2. The molecule has 0 aromatic heterocycles. The summed E-state index contributed by atoms with van der Waals surface area (Å²) in [4.78, 5) is 12.4. The van der Waals surface area contributed by atoms with Crippen LogP contribution in [-0.4, -0.2) is 18.3 Å². The van der Waals surface area contributed by atoms with E-state index in [1.54, 1.807) is 5.57 Å². The zero-order valence-electron chi connectivity index (χ0n) is 12.1. The highest BCUT2D eigenvalue weighted by Crippen LogP contribution is 2.62. The molecule has 0 amide bonds. The molecule has 112 valence electrons. The Hall–Kier alpha value is 0.290. The van der Waals surface area contributed by atoms with E-state index in [9.17, 15) is 4.79 Å². The molecule has 0 saturated heterocycles. The summed E-state index contributed by atoms with van der Waals surface area (Å²) in [5.74, 6) is 2.50. The van der Waals surface area contributed by atoms with Crippen molar-refractivity contribution in [3.63, 3.8) is 0 Å². The minimum Gasteiger partial charge on any atom is -0.299 e. The predicted molar refractivity (Wildman–Crippen MR) is 98.2 cm³/mol. The van der Waals surface area contributed by atoms with Gasteiger partial charge in [-0.3, -0.25) is 4.79 Å². The first kappa shape index (κ1) is 14.9. The molecule has 2 bridgehead atoms. The van der Waals surface area contributed by atoms with Gasteiger partial charge in [0.25, 0.3) is 0 Å². The summed E-state index contributed by atoms with van der Waals surface area (Å²) in [5.41, 5.74) is 1.60. The van der Waals surface area contributed by atoms with E-state index in [0.717, 1.165) is 12.8 Å². The summed E-state index contributed by atoms with van der Waals surface area (Å²) in [5, 5.41) is 0. The maximum atomic E-state index is 12.4. The minimum atomic E-state index is 0.300. The fourth-order valence-corrected chi connectivity index (χ4v) is 9.44. The van der Waals surface area contributed by atoms with E-state index in [1.807, 2.05) is 47.0 Å². The van der Waals surface area contributed by atoms with Crippen LogP contribution in [0.2, 0.25) is 0 Å². The molecule has 2 saturated carbocycles. The Labute approximate surface area is 143 Å². The van der Waals surface area contributed by atoms with Crippen molar-refractivity contribution >= 4 is 52.8 Å². The average Bonchev–Trinajstić information content (AvgIpc) is 3.21. The molecule has 0 aromatic carbocycles. The van der Waals surface area contributed by atoms with Gasteiger partial charge < -0.3 is 0 Å². The van der Waals surface area contributed by atoms with Crippen molar-refractivity contribution in [3.05, 3.63) is 30.4 Å². The number of carbonyl (C=O) groups excluding carboxylic acids is 1. The van der Waals surface area contributed by atoms with Gasteiger partial charge in [-0.1, -0.05) is 35.7 Å². The van der Waals surface area contributed by atoms with Gasteiger partial charge >= 0.3 is 0 Å². The number of hydrogen-bond acceptors (Lipinski definition) is 5. The highest BCUT2D eigenvalue weighted by atomic mass is 32.3. The van der Waals surface area contributed by atoms with E-state index in [1.165, 1.54) is 19.1 Å². The average molecular weight is 355 g/mol. The predicted octanol–water partition coefficient (Wildman–Crippen LogP) is 5.33. The fourth-order valence-electron chi connectivity index (χ4n) is 4.22. The number of ketones is 1. The van der Waals surface area contributed by atoms with Crippen LogP contribution >= 0.6 is 47.0 Å². The maximum absolute atomic E-state index is 12.4. The Morgan fingerprint density at radius 1 is 1.00 bits per heavy atom. The van der Waals surface area contributed by atoms with E-state index in [2.05, 4.69) is 24.7 Å². The van der Waals surface area contributed by atoms with Crippen LogP contribution in [0.1, 0.15) is 19.3 Å². The first-order valence-corrected chi connectivity index (χ1v) is 11.4. The number of carbonyl (C=O) groups is 1. The van der Waals surface area contributed by atoms with Crippen LogP contribution in [-0.2, 0) is 4.79 Å². The van der Waals surface area contributed by atoms with Crippen molar-refractivity contribution in [2.24, 2.45) is 23.7 Å². The Balaban J connectivity index is 1.69. The molecular weight excluding hydrogens is 336 g/mol. The molecule has 1 nitrogen and oxygen atoms in total. The largest absolute Gasteiger partial charge is 0.299 e. The monoisotopic (exact) mass is 354 g/mol. The van der Waals surface area contributed by atoms with E-state index >= 15 is 0 Å². The summed E-state index contributed by atoms with van der Waals surface area (Å²) in [7, 11) is 0. The van der Waals surface area contributed by atoms with Crippen LogP contribution in [0.5, 0.6) is 0 Å². The topological polar surface area (TPSA) is 17.1 Å². The molecule has 0 spiro atoms. The van der Waals surface area contributed by atoms with Gasteiger partial charge in [0.15, 0.2) is 0 Å². The van der Waals surface area contributed by atoms with Crippen LogP contribution in [0.25, 0.3) is 0 Å². The molecule has 0 radical (unpaired) electrons. The smallest absolute Gasteiger partial charge is 0.137 e. The summed E-state index contributed by atoms with van der Waals surface area (Å²) in [6.45, 7) is 0. The van der Waals surface area contributed by atoms with Crippen LogP contribution < -0.4 is 0 Å². The number of fused-ring (bicyclic) bond motifs is 5. The Bertz CT molecular complexity index is 571. The van der Waals surface area contributed by atoms with Crippen LogP contribution in [0.15, 0.2) is 30.4 Å². The third-order valence-electron chi connectivity index (χ3n) is 5.04. The summed E-state index contributed by atoms with van der Waals surface area (Å²) >= 11 is 7.63. The second kappa shape index (κ2) is 5.73. The molecule has 1 aliphatic heterocycles. The van der Waals surface area contributed by atoms with E-state index < -0.39 is 0 Å². The fraction of sp³-hybridized carbons (Fsp3) is 0.562. The van der Waals surface area contributed by atoms with E-state index in [-0.39, 0.29) is 0 Å². The number of Topliss-reactive ketones (excluding diaryl/α,β-unsaturated/α-hetero) is 1. The number of allylic oxidation sites excluding steroid dienone is 3. The molecule has 0 N–H and O–H groups in total. The molecule has 21 heavy (non-hydrogen) atoms. The molecule has 2 fully saturated rings. The highest BCUT2D eigenvalue weighted by molar-refractivity contribution is 8.40. The first-order valence-electron chi connectivity index (χ1n) is 7.35. The van der Waals surface area contributed by atoms with Gasteiger partial charge in [-0.2, -0.15) is 0 Å². The van der Waals surface area contributed by atoms with E-state index in [0.29, 0.717) is 29.5 Å². The van der Waals surface area contributed by atoms with Gasteiger partial charge in [0.05, 0.1) is 12.7 Å². The van der Waals surface area contributed by atoms with Crippen molar-refractivity contribution in [3.8, 4) is 0 Å². The summed E-state index contributed by atoms with van der Waals surface area (Å²) < 4.78 is 4.39. The van der Waals surface area contributed by atoms with Crippen molar-refractivity contribution in [2.75, 3.05) is 12.5 Å². The Morgan fingerprint density at radius 3 is 2.24 bits per heavy atom. The lowest BCUT2D eigenvalue weighted by atomic mass is 9.70. The normalized spacial score (nSPS) is 37.9. The van der Waals surface area contributed by atoms with Crippen molar-refractivity contribution in [2.45, 2.75) is 19.3 Å². The zero-order valence-corrected chi connectivity index (χ0v) is 15.4. The third-order valence-corrected chi connectivity index (χ3v) is 10.4. The SMILES string of the molecule is CSC1=C(SC)SC(=C2CCC(=O)C3C4C=CC(C4)C23)S1. The second-order valence-electron chi connectivity index (χ2n) is 5.97. The lowest BCUT2D eigenvalue weighted by molar-refractivity contribution is -0.125. The standard InChI is InChI=1S/C16H18OS4/c1-18-15-16(19-2)21-14(20-15)10-5-6-11(17)13-9-4-3-8(7-9)12(10)13/h3-4,8-9,12-13H,5-7H2,1-2H3. The molecule has 1 heterocycles. The summed E-state index contributed by atoms with van der Waals surface area (Å²) in [6, 6.07) is 0. The summed E-state index contributed by atoms with van der Waals surface area (Å²) in [6.07, 6.45) is 12.0.